The van der Waals surface area contributed by atoms with Crippen molar-refractivity contribution in [2.45, 2.75) is 0 Å². The summed E-state index contributed by atoms with van der Waals surface area (Å²) in [4.78, 5) is 23.9. The predicted molar refractivity (Wildman–Crippen MR) is 76.1 cm³/mol. The molecule has 0 unspecified atom stereocenters. The van der Waals surface area contributed by atoms with Gasteiger partial charge in [-0.15, -0.1) is 0 Å². The third-order valence-corrected chi connectivity index (χ3v) is 2.86. The summed E-state index contributed by atoms with van der Waals surface area (Å²) in [6.07, 6.45) is 0. The van der Waals surface area contributed by atoms with Gasteiger partial charge in [0.1, 0.15) is 5.75 Å². The van der Waals surface area contributed by atoms with E-state index in [4.69, 9.17) is 4.74 Å². The van der Waals surface area contributed by atoms with Crippen molar-refractivity contribution in [3.63, 3.8) is 0 Å². The van der Waals surface area contributed by atoms with E-state index in [1.54, 1.807) is 48.5 Å². The standard InChI is InChI=1S/C16H15NO3/c1-20-15-10-6-5-9-13(15)16(19)17-11-14(18)12-7-3-2-4-8-12/h2-10H,11H2,1H3,(H,17,19). The van der Waals surface area contributed by atoms with Crippen LogP contribution in [-0.2, 0) is 0 Å². The van der Waals surface area contributed by atoms with Crippen LogP contribution in [0.5, 0.6) is 5.75 Å². The minimum atomic E-state index is -0.327. The Balaban J connectivity index is 2.01. The summed E-state index contributed by atoms with van der Waals surface area (Å²) < 4.78 is 5.11. The summed E-state index contributed by atoms with van der Waals surface area (Å²) in [6, 6.07) is 15.7. The Hall–Kier alpha value is -2.62. The average molecular weight is 269 g/mol. The Kier molecular flexibility index (Phi) is 4.50. The van der Waals surface area contributed by atoms with E-state index < -0.39 is 0 Å². The molecule has 20 heavy (non-hydrogen) atoms. The fourth-order valence-electron chi connectivity index (χ4n) is 1.81. The number of carbonyl (C=O) groups is 2. The number of nitrogens with one attached hydrogen (secondary N) is 1. The molecule has 0 fully saturated rings. The van der Waals surface area contributed by atoms with Crippen LogP contribution in [0.25, 0.3) is 0 Å². The molecule has 0 aliphatic carbocycles. The van der Waals surface area contributed by atoms with Gasteiger partial charge in [-0.05, 0) is 12.1 Å². The molecule has 0 radical (unpaired) electrons. The second kappa shape index (κ2) is 6.52. The monoisotopic (exact) mass is 269 g/mol. The van der Waals surface area contributed by atoms with Gasteiger partial charge in [-0.1, -0.05) is 42.5 Å². The van der Waals surface area contributed by atoms with Gasteiger partial charge in [0.25, 0.3) is 5.91 Å². The molecule has 2 rings (SSSR count). The maximum atomic E-state index is 12.0. The van der Waals surface area contributed by atoms with Crippen LogP contribution >= 0.6 is 0 Å². The van der Waals surface area contributed by atoms with Crippen LogP contribution in [0.2, 0.25) is 0 Å². The molecule has 4 heteroatoms. The van der Waals surface area contributed by atoms with Crippen molar-refractivity contribution in [2.24, 2.45) is 0 Å². The SMILES string of the molecule is COc1ccccc1C(=O)NCC(=O)c1ccccc1. The number of rotatable bonds is 5. The van der Waals surface area contributed by atoms with E-state index in [2.05, 4.69) is 5.32 Å². The number of amides is 1. The van der Waals surface area contributed by atoms with Crippen LogP contribution in [0, 0.1) is 0 Å². The van der Waals surface area contributed by atoms with Gasteiger partial charge in [0.2, 0.25) is 0 Å². The molecular weight excluding hydrogens is 254 g/mol. The average Bonchev–Trinajstić information content (AvgIpc) is 2.53. The van der Waals surface area contributed by atoms with Crippen molar-refractivity contribution in [2.75, 3.05) is 13.7 Å². The highest BCUT2D eigenvalue weighted by Crippen LogP contribution is 2.16. The van der Waals surface area contributed by atoms with Gasteiger partial charge in [0.15, 0.2) is 5.78 Å². The molecule has 1 amide bonds. The van der Waals surface area contributed by atoms with Crippen molar-refractivity contribution in [3.8, 4) is 5.75 Å². The van der Waals surface area contributed by atoms with Crippen LogP contribution in [0.4, 0.5) is 0 Å². The maximum absolute atomic E-state index is 12.0. The van der Waals surface area contributed by atoms with Crippen LogP contribution in [-0.4, -0.2) is 25.3 Å². The summed E-state index contributed by atoms with van der Waals surface area (Å²) in [7, 11) is 1.50. The third kappa shape index (κ3) is 3.23. The maximum Gasteiger partial charge on any atom is 0.255 e. The van der Waals surface area contributed by atoms with E-state index >= 15 is 0 Å². The Bertz CT molecular complexity index is 608. The second-order valence-corrected chi connectivity index (χ2v) is 4.17. The smallest absolute Gasteiger partial charge is 0.255 e. The number of Topliss-reactive ketones (excluding diaryl/α,β-unsaturated/α-hetero) is 1. The highest BCUT2D eigenvalue weighted by Gasteiger charge is 2.13. The predicted octanol–water partition coefficient (Wildman–Crippen LogP) is 2.31. The molecule has 4 nitrogen and oxygen atoms in total. The summed E-state index contributed by atoms with van der Waals surface area (Å²) >= 11 is 0. The molecule has 0 saturated carbocycles. The lowest BCUT2D eigenvalue weighted by Crippen LogP contribution is -2.29. The zero-order valence-corrected chi connectivity index (χ0v) is 11.1. The Morgan fingerprint density at radius 3 is 2.35 bits per heavy atom. The summed E-state index contributed by atoms with van der Waals surface area (Å²) in [6.45, 7) is -0.0408. The second-order valence-electron chi connectivity index (χ2n) is 4.17. The molecule has 0 aliphatic rings. The van der Waals surface area contributed by atoms with Gasteiger partial charge in [-0.25, -0.2) is 0 Å². The number of carbonyl (C=O) groups excluding carboxylic acids is 2. The lowest BCUT2D eigenvalue weighted by atomic mass is 10.1. The molecule has 1 N–H and O–H groups in total. The number of para-hydroxylation sites is 1. The summed E-state index contributed by atoms with van der Waals surface area (Å²) in [5.74, 6) is 0.0257. The molecular formula is C16H15NO3. The van der Waals surface area contributed by atoms with E-state index in [9.17, 15) is 9.59 Å². The first-order chi connectivity index (χ1) is 9.72. The molecule has 0 saturated heterocycles. The first-order valence-electron chi connectivity index (χ1n) is 6.22. The topological polar surface area (TPSA) is 55.4 Å². The lowest BCUT2D eigenvalue weighted by molar-refractivity contribution is 0.0902. The molecule has 0 heterocycles. The van der Waals surface area contributed by atoms with Gasteiger partial charge in [-0.2, -0.15) is 0 Å². The van der Waals surface area contributed by atoms with Gasteiger partial charge in [0.05, 0.1) is 19.2 Å². The Labute approximate surface area is 117 Å². The van der Waals surface area contributed by atoms with Crippen molar-refractivity contribution in [1.82, 2.24) is 5.32 Å². The van der Waals surface area contributed by atoms with Crippen molar-refractivity contribution in [3.05, 3.63) is 65.7 Å². The van der Waals surface area contributed by atoms with E-state index in [0.29, 0.717) is 16.9 Å². The molecule has 0 bridgehead atoms. The van der Waals surface area contributed by atoms with Crippen molar-refractivity contribution in [1.29, 1.82) is 0 Å². The minimum Gasteiger partial charge on any atom is -0.496 e. The number of ether oxygens (including phenoxy) is 1. The molecule has 0 spiro atoms. The van der Waals surface area contributed by atoms with Gasteiger partial charge < -0.3 is 10.1 Å². The molecule has 2 aromatic carbocycles. The zero-order chi connectivity index (χ0) is 14.4. The minimum absolute atomic E-state index is 0.0408. The third-order valence-electron chi connectivity index (χ3n) is 2.86. The number of hydrogen-bond donors (Lipinski definition) is 1. The molecule has 2 aromatic rings. The quantitative estimate of drug-likeness (QED) is 0.847. The van der Waals surface area contributed by atoms with E-state index in [1.165, 1.54) is 7.11 Å². The highest BCUT2D eigenvalue weighted by molar-refractivity contribution is 6.03. The van der Waals surface area contributed by atoms with Crippen LogP contribution < -0.4 is 10.1 Å². The van der Waals surface area contributed by atoms with E-state index in [1.807, 2.05) is 6.07 Å². The lowest BCUT2D eigenvalue weighted by Gasteiger charge is -2.08. The molecule has 102 valence electrons. The van der Waals surface area contributed by atoms with E-state index in [0.717, 1.165) is 0 Å². The fourth-order valence-corrected chi connectivity index (χ4v) is 1.81. The summed E-state index contributed by atoms with van der Waals surface area (Å²) in [5, 5.41) is 2.60. The van der Waals surface area contributed by atoms with Gasteiger partial charge >= 0.3 is 0 Å². The van der Waals surface area contributed by atoms with Gasteiger partial charge in [-0.3, -0.25) is 9.59 Å². The van der Waals surface area contributed by atoms with E-state index in [-0.39, 0.29) is 18.2 Å². The van der Waals surface area contributed by atoms with Gasteiger partial charge in [0, 0.05) is 5.56 Å². The first kappa shape index (κ1) is 13.8. The Morgan fingerprint density at radius 2 is 1.65 bits per heavy atom. The van der Waals surface area contributed by atoms with Crippen molar-refractivity contribution < 1.29 is 14.3 Å². The molecule has 0 atom stereocenters. The number of ketones is 1. The summed E-state index contributed by atoms with van der Waals surface area (Å²) in [5.41, 5.74) is 0.990. The fraction of sp³-hybridized carbons (Fsp3) is 0.125. The molecule has 0 aliphatic heterocycles. The normalized spacial score (nSPS) is 9.85. The number of methoxy groups -OCH3 is 1. The Morgan fingerprint density at radius 1 is 1.00 bits per heavy atom. The molecule has 0 aromatic heterocycles. The van der Waals surface area contributed by atoms with Crippen LogP contribution in [0.3, 0.4) is 0 Å². The number of benzene rings is 2. The van der Waals surface area contributed by atoms with Crippen LogP contribution in [0.15, 0.2) is 54.6 Å². The first-order valence-corrected chi connectivity index (χ1v) is 6.22. The van der Waals surface area contributed by atoms with Crippen molar-refractivity contribution >= 4 is 11.7 Å². The highest BCUT2D eigenvalue weighted by atomic mass is 16.5. The number of hydrogen-bond acceptors (Lipinski definition) is 3. The van der Waals surface area contributed by atoms with Crippen LogP contribution in [0.1, 0.15) is 20.7 Å². The zero-order valence-electron chi connectivity index (χ0n) is 11.1. The largest absolute Gasteiger partial charge is 0.496 e.